The van der Waals surface area contributed by atoms with Crippen molar-refractivity contribution in [3.05, 3.63) is 30.3 Å². The molecule has 1 saturated carbocycles. The van der Waals surface area contributed by atoms with Crippen LogP contribution in [-0.2, 0) is 4.79 Å². The first-order valence-corrected chi connectivity index (χ1v) is 9.51. The highest BCUT2D eigenvalue weighted by atomic mass is 16.2. The Labute approximate surface area is 149 Å². The standard InChI is InChI=1S/C20H27N3O2/c1-21(17-8-3-2-4-9-17)20(25)22-13-16-10-11-18(14-22)23(19(16)24)12-15-6-5-7-15/h2-4,8-9,15-16,18H,5-7,10-14H2,1H3/t16-,18+/m0/s1. The van der Waals surface area contributed by atoms with Crippen LogP contribution in [0.5, 0.6) is 0 Å². The Morgan fingerprint density at radius 2 is 1.88 bits per heavy atom. The maximum Gasteiger partial charge on any atom is 0.324 e. The molecule has 4 aliphatic rings. The minimum absolute atomic E-state index is 0.00129. The van der Waals surface area contributed by atoms with Crippen molar-refractivity contribution in [1.29, 1.82) is 0 Å². The average molecular weight is 341 g/mol. The molecule has 1 aromatic carbocycles. The van der Waals surface area contributed by atoms with Crippen LogP contribution in [0.2, 0.25) is 0 Å². The fourth-order valence-corrected chi connectivity index (χ4v) is 4.36. The monoisotopic (exact) mass is 341 g/mol. The van der Waals surface area contributed by atoms with Gasteiger partial charge in [0.15, 0.2) is 0 Å². The third-order valence-corrected chi connectivity index (χ3v) is 6.17. The summed E-state index contributed by atoms with van der Waals surface area (Å²) < 4.78 is 0. The number of hydrogen-bond acceptors (Lipinski definition) is 2. The summed E-state index contributed by atoms with van der Waals surface area (Å²) in [5.74, 6) is 0.937. The third-order valence-electron chi connectivity index (χ3n) is 6.17. The second-order valence-corrected chi connectivity index (χ2v) is 7.80. The molecule has 2 bridgehead atoms. The molecular weight excluding hydrogens is 314 g/mol. The van der Waals surface area contributed by atoms with Crippen LogP contribution in [0, 0.1) is 11.8 Å². The molecule has 3 aliphatic heterocycles. The highest BCUT2D eigenvalue weighted by Gasteiger charge is 2.43. The zero-order valence-electron chi connectivity index (χ0n) is 14.9. The lowest BCUT2D eigenvalue weighted by Crippen LogP contribution is -2.51. The number of amides is 3. The largest absolute Gasteiger partial charge is 0.337 e. The molecule has 5 heteroatoms. The van der Waals surface area contributed by atoms with Gasteiger partial charge in [-0.3, -0.25) is 9.69 Å². The molecule has 1 aromatic rings. The van der Waals surface area contributed by atoms with Crippen LogP contribution >= 0.6 is 0 Å². The average Bonchev–Trinajstić information content (AvgIpc) is 2.89. The van der Waals surface area contributed by atoms with E-state index in [1.807, 2.05) is 42.3 Å². The van der Waals surface area contributed by atoms with Crippen LogP contribution in [0.15, 0.2) is 30.3 Å². The molecular formula is C20H27N3O2. The number of nitrogens with zero attached hydrogens (tertiary/aromatic N) is 3. The number of anilines is 1. The number of fused-ring (bicyclic) bond motifs is 4. The lowest BCUT2D eigenvalue weighted by Gasteiger charge is -2.40. The van der Waals surface area contributed by atoms with Crippen LogP contribution in [0.1, 0.15) is 32.1 Å². The van der Waals surface area contributed by atoms with Gasteiger partial charge in [0.1, 0.15) is 0 Å². The van der Waals surface area contributed by atoms with Crippen LogP contribution in [-0.4, -0.2) is 54.5 Å². The van der Waals surface area contributed by atoms with Crippen molar-refractivity contribution < 1.29 is 9.59 Å². The van der Waals surface area contributed by atoms with Crippen molar-refractivity contribution in [2.24, 2.45) is 11.8 Å². The van der Waals surface area contributed by atoms with Crippen LogP contribution in [0.4, 0.5) is 10.5 Å². The predicted octanol–water partition coefficient (Wildman–Crippen LogP) is 2.97. The number of benzene rings is 1. The van der Waals surface area contributed by atoms with E-state index in [1.54, 1.807) is 4.90 Å². The summed E-state index contributed by atoms with van der Waals surface area (Å²) >= 11 is 0. The summed E-state index contributed by atoms with van der Waals surface area (Å²) in [6.07, 6.45) is 5.75. The molecule has 0 N–H and O–H groups in total. The van der Waals surface area contributed by atoms with E-state index >= 15 is 0 Å². The Morgan fingerprint density at radius 3 is 2.56 bits per heavy atom. The SMILES string of the molecule is CN(C(=O)N1C[C@@H]2CC[C@H](C1)N(CC1CCC1)C2=O)c1ccccc1. The first-order chi connectivity index (χ1) is 12.1. The van der Waals surface area contributed by atoms with Gasteiger partial charge in [-0.05, 0) is 43.7 Å². The molecule has 3 amide bonds. The molecule has 0 unspecified atom stereocenters. The first-order valence-electron chi connectivity index (χ1n) is 9.51. The highest BCUT2D eigenvalue weighted by Crippen LogP contribution is 2.34. The number of urea groups is 1. The third kappa shape index (κ3) is 3.12. The normalized spacial score (nSPS) is 26.4. The van der Waals surface area contributed by atoms with E-state index in [4.69, 9.17) is 0 Å². The van der Waals surface area contributed by atoms with Gasteiger partial charge in [0, 0.05) is 38.4 Å². The second kappa shape index (κ2) is 6.70. The van der Waals surface area contributed by atoms with Crippen molar-refractivity contribution in [2.75, 3.05) is 31.6 Å². The molecule has 4 fully saturated rings. The van der Waals surface area contributed by atoms with Gasteiger partial charge in [-0.2, -0.15) is 0 Å². The zero-order valence-corrected chi connectivity index (χ0v) is 14.9. The van der Waals surface area contributed by atoms with Gasteiger partial charge in [-0.1, -0.05) is 24.6 Å². The minimum Gasteiger partial charge on any atom is -0.337 e. The topological polar surface area (TPSA) is 43.9 Å². The molecule has 2 atom stereocenters. The van der Waals surface area contributed by atoms with Crippen LogP contribution in [0.25, 0.3) is 0 Å². The Bertz CT molecular complexity index is 644. The summed E-state index contributed by atoms with van der Waals surface area (Å²) in [5.41, 5.74) is 0.891. The van der Waals surface area contributed by atoms with Crippen molar-refractivity contribution in [3.63, 3.8) is 0 Å². The number of rotatable bonds is 3. The van der Waals surface area contributed by atoms with Gasteiger partial charge in [0.2, 0.25) is 5.91 Å². The van der Waals surface area contributed by atoms with E-state index in [0.29, 0.717) is 19.0 Å². The van der Waals surface area contributed by atoms with Gasteiger partial charge in [-0.15, -0.1) is 0 Å². The van der Waals surface area contributed by atoms with Gasteiger partial charge in [0.25, 0.3) is 0 Å². The Hall–Kier alpha value is -2.04. The minimum atomic E-state index is -0.0213. The summed E-state index contributed by atoms with van der Waals surface area (Å²) in [6.45, 7) is 2.13. The molecule has 5 rings (SSSR count). The molecule has 3 heterocycles. The van der Waals surface area contributed by atoms with E-state index < -0.39 is 0 Å². The molecule has 5 nitrogen and oxygen atoms in total. The lowest BCUT2D eigenvalue weighted by molar-refractivity contribution is -0.141. The summed E-state index contributed by atoms with van der Waals surface area (Å²) in [7, 11) is 1.82. The number of carbonyl (C=O) groups is 2. The lowest BCUT2D eigenvalue weighted by atomic mass is 9.83. The number of hydrogen-bond donors (Lipinski definition) is 0. The molecule has 0 radical (unpaired) electrons. The molecule has 0 aromatic heterocycles. The van der Waals surface area contributed by atoms with Gasteiger partial charge in [0.05, 0.1) is 5.92 Å². The van der Waals surface area contributed by atoms with E-state index in [-0.39, 0.29) is 23.9 Å². The molecule has 1 aliphatic carbocycles. The second-order valence-electron chi connectivity index (χ2n) is 7.80. The molecule has 134 valence electrons. The fraction of sp³-hybridized carbons (Fsp3) is 0.600. The fourth-order valence-electron chi connectivity index (χ4n) is 4.36. The van der Waals surface area contributed by atoms with Gasteiger partial charge >= 0.3 is 6.03 Å². The number of piperidine rings is 1. The maximum absolute atomic E-state index is 13.0. The molecule has 0 spiro atoms. The molecule has 25 heavy (non-hydrogen) atoms. The van der Waals surface area contributed by atoms with Gasteiger partial charge in [-0.25, -0.2) is 4.79 Å². The van der Waals surface area contributed by atoms with Crippen molar-refractivity contribution in [3.8, 4) is 0 Å². The van der Waals surface area contributed by atoms with E-state index in [2.05, 4.69) is 4.90 Å². The van der Waals surface area contributed by atoms with Crippen molar-refractivity contribution in [2.45, 2.75) is 38.1 Å². The maximum atomic E-state index is 13.0. The van der Waals surface area contributed by atoms with Crippen LogP contribution < -0.4 is 4.90 Å². The predicted molar refractivity (Wildman–Crippen MR) is 97.4 cm³/mol. The quantitative estimate of drug-likeness (QED) is 0.848. The Kier molecular flexibility index (Phi) is 4.40. The number of carbonyl (C=O) groups excluding carboxylic acids is 2. The summed E-state index contributed by atoms with van der Waals surface area (Å²) in [6, 6.07) is 9.91. The van der Waals surface area contributed by atoms with Gasteiger partial charge < -0.3 is 9.80 Å². The van der Waals surface area contributed by atoms with Crippen molar-refractivity contribution >= 4 is 17.6 Å². The first kappa shape index (κ1) is 16.4. The van der Waals surface area contributed by atoms with Crippen LogP contribution in [0.3, 0.4) is 0 Å². The van der Waals surface area contributed by atoms with E-state index in [1.165, 1.54) is 19.3 Å². The Balaban J connectivity index is 1.49. The smallest absolute Gasteiger partial charge is 0.324 e. The van der Waals surface area contributed by atoms with Crippen molar-refractivity contribution in [1.82, 2.24) is 9.80 Å². The number of para-hydroxylation sites is 1. The Morgan fingerprint density at radius 1 is 1.12 bits per heavy atom. The molecule has 3 saturated heterocycles. The van der Waals surface area contributed by atoms with E-state index in [9.17, 15) is 9.59 Å². The summed E-state index contributed by atoms with van der Waals surface area (Å²) in [5, 5.41) is 0. The highest BCUT2D eigenvalue weighted by molar-refractivity contribution is 5.92. The van der Waals surface area contributed by atoms with E-state index in [0.717, 1.165) is 25.1 Å². The summed E-state index contributed by atoms with van der Waals surface area (Å²) in [4.78, 5) is 31.6. The zero-order chi connectivity index (χ0) is 17.4.